The molecule has 28 heavy (non-hydrogen) atoms. The molecule has 0 bridgehead atoms. The van der Waals surface area contributed by atoms with Gasteiger partial charge < -0.3 is 0 Å². The van der Waals surface area contributed by atoms with Crippen molar-refractivity contribution in [2.45, 2.75) is 44.9 Å². The standard InChI is InChI=1S/C20H27N3O3S2/c1-20(2,3)14-8-11-16-17(12-14)27-19(21-16)22-18(24)13-6-9-15(10-7-13)28(25,26)23(4)5/h6-7,9-10,14H,8,11-12H2,1-5H3,(H,21,22,24). The minimum Gasteiger partial charge on any atom is -0.298 e. The van der Waals surface area contributed by atoms with Crippen molar-refractivity contribution in [3.8, 4) is 0 Å². The Labute approximate surface area is 171 Å². The van der Waals surface area contributed by atoms with Crippen LogP contribution in [0.25, 0.3) is 0 Å². The Kier molecular flexibility index (Phi) is 5.67. The maximum atomic E-state index is 12.5. The van der Waals surface area contributed by atoms with E-state index in [9.17, 15) is 13.2 Å². The minimum atomic E-state index is -3.51. The number of amides is 1. The summed E-state index contributed by atoms with van der Waals surface area (Å²) in [6.45, 7) is 6.81. The average Bonchev–Trinajstić information content (AvgIpc) is 3.02. The molecule has 0 saturated carbocycles. The molecule has 0 saturated heterocycles. The van der Waals surface area contributed by atoms with Gasteiger partial charge in [-0.15, -0.1) is 11.3 Å². The SMILES string of the molecule is CN(C)S(=O)(=O)c1ccc(C(=O)Nc2nc3c(s2)CC(C(C)(C)C)CC3)cc1. The van der Waals surface area contributed by atoms with Crippen molar-refractivity contribution in [1.82, 2.24) is 9.29 Å². The predicted molar refractivity (Wildman–Crippen MR) is 112 cm³/mol. The number of hydrogen-bond donors (Lipinski definition) is 1. The monoisotopic (exact) mass is 421 g/mol. The summed E-state index contributed by atoms with van der Waals surface area (Å²) in [6, 6.07) is 5.94. The van der Waals surface area contributed by atoms with E-state index in [2.05, 4.69) is 31.1 Å². The van der Waals surface area contributed by atoms with E-state index >= 15 is 0 Å². The number of aromatic nitrogens is 1. The first kappa shape index (κ1) is 21.0. The Morgan fingerprint density at radius 2 is 1.86 bits per heavy atom. The summed E-state index contributed by atoms with van der Waals surface area (Å²) in [5.74, 6) is 0.336. The molecule has 1 unspecified atom stereocenters. The van der Waals surface area contributed by atoms with Crippen LogP contribution in [0.3, 0.4) is 0 Å². The highest BCUT2D eigenvalue weighted by atomic mass is 32.2. The fourth-order valence-electron chi connectivity index (χ4n) is 3.33. The van der Waals surface area contributed by atoms with Crippen molar-refractivity contribution in [3.05, 3.63) is 40.4 Å². The van der Waals surface area contributed by atoms with Crippen molar-refractivity contribution in [2.24, 2.45) is 11.3 Å². The van der Waals surface area contributed by atoms with Crippen molar-refractivity contribution >= 4 is 32.4 Å². The number of benzene rings is 1. The summed E-state index contributed by atoms with van der Waals surface area (Å²) in [6.07, 6.45) is 3.07. The summed E-state index contributed by atoms with van der Waals surface area (Å²) in [7, 11) is -0.553. The van der Waals surface area contributed by atoms with Gasteiger partial charge in [0, 0.05) is 24.5 Å². The summed E-state index contributed by atoms with van der Waals surface area (Å²) >= 11 is 1.54. The van der Waals surface area contributed by atoms with Gasteiger partial charge in [0.25, 0.3) is 5.91 Å². The van der Waals surface area contributed by atoms with Crippen LogP contribution < -0.4 is 5.32 Å². The van der Waals surface area contributed by atoms with Gasteiger partial charge >= 0.3 is 0 Å². The normalized spacial score (nSPS) is 17.4. The highest BCUT2D eigenvalue weighted by molar-refractivity contribution is 7.89. The minimum absolute atomic E-state index is 0.159. The smallest absolute Gasteiger partial charge is 0.257 e. The fraction of sp³-hybridized carbons (Fsp3) is 0.500. The van der Waals surface area contributed by atoms with Crippen LogP contribution in [-0.2, 0) is 22.9 Å². The van der Waals surface area contributed by atoms with E-state index in [1.54, 1.807) is 11.3 Å². The number of fused-ring (bicyclic) bond motifs is 1. The predicted octanol–water partition coefficient (Wildman–Crippen LogP) is 3.80. The molecule has 0 spiro atoms. The first-order valence-electron chi connectivity index (χ1n) is 9.31. The molecular weight excluding hydrogens is 394 g/mol. The highest BCUT2D eigenvalue weighted by Crippen LogP contribution is 2.40. The zero-order chi connectivity index (χ0) is 20.7. The van der Waals surface area contributed by atoms with E-state index in [1.807, 2.05) is 0 Å². The molecule has 2 aromatic rings. The Bertz CT molecular complexity index is 971. The van der Waals surface area contributed by atoms with Gasteiger partial charge in [0.2, 0.25) is 10.0 Å². The molecule has 1 aliphatic carbocycles. The number of carbonyl (C=O) groups excluding carboxylic acids is 1. The van der Waals surface area contributed by atoms with Crippen LogP contribution in [0.1, 0.15) is 48.1 Å². The molecule has 1 aromatic carbocycles. The lowest BCUT2D eigenvalue weighted by molar-refractivity contribution is 0.102. The van der Waals surface area contributed by atoms with Gasteiger partial charge in [-0.1, -0.05) is 20.8 Å². The number of sulfonamides is 1. The molecule has 6 nitrogen and oxygen atoms in total. The van der Waals surface area contributed by atoms with E-state index in [0.717, 1.165) is 29.3 Å². The Morgan fingerprint density at radius 1 is 1.21 bits per heavy atom. The summed E-state index contributed by atoms with van der Waals surface area (Å²) < 4.78 is 25.4. The van der Waals surface area contributed by atoms with Crippen molar-refractivity contribution in [3.63, 3.8) is 0 Å². The second-order valence-electron chi connectivity index (χ2n) is 8.46. The van der Waals surface area contributed by atoms with Crippen LogP contribution in [0.15, 0.2) is 29.2 Å². The molecular formula is C20H27N3O3S2. The van der Waals surface area contributed by atoms with Crippen molar-refractivity contribution < 1.29 is 13.2 Å². The number of hydrogen-bond acceptors (Lipinski definition) is 5. The third kappa shape index (κ3) is 4.29. The average molecular weight is 422 g/mol. The number of rotatable bonds is 4. The highest BCUT2D eigenvalue weighted by Gasteiger charge is 2.31. The van der Waals surface area contributed by atoms with Gasteiger partial charge in [0.05, 0.1) is 10.6 Å². The molecule has 1 aromatic heterocycles. The molecule has 3 rings (SSSR count). The number of carbonyl (C=O) groups is 1. The topological polar surface area (TPSA) is 79.4 Å². The molecule has 1 aliphatic rings. The van der Waals surface area contributed by atoms with E-state index < -0.39 is 10.0 Å². The van der Waals surface area contributed by atoms with Gasteiger partial charge in [-0.3, -0.25) is 10.1 Å². The summed E-state index contributed by atoms with van der Waals surface area (Å²) in [5.41, 5.74) is 1.76. The molecule has 0 fully saturated rings. The van der Waals surface area contributed by atoms with Crippen LogP contribution in [-0.4, -0.2) is 37.7 Å². The van der Waals surface area contributed by atoms with Crippen molar-refractivity contribution in [1.29, 1.82) is 0 Å². The number of nitrogens with one attached hydrogen (secondary N) is 1. The molecule has 1 N–H and O–H groups in total. The first-order valence-corrected chi connectivity index (χ1v) is 11.6. The molecule has 0 aliphatic heterocycles. The molecule has 1 atom stereocenters. The van der Waals surface area contributed by atoms with E-state index in [0.29, 0.717) is 16.6 Å². The maximum Gasteiger partial charge on any atom is 0.257 e. The van der Waals surface area contributed by atoms with Crippen LogP contribution >= 0.6 is 11.3 Å². The third-order valence-electron chi connectivity index (χ3n) is 5.28. The lowest BCUT2D eigenvalue weighted by Gasteiger charge is -2.33. The molecule has 1 heterocycles. The number of thiazole rings is 1. The van der Waals surface area contributed by atoms with E-state index in [-0.39, 0.29) is 16.2 Å². The maximum absolute atomic E-state index is 12.5. The van der Waals surface area contributed by atoms with Gasteiger partial charge in [0.15, 0.2) is 5.13 Å². The largest absolute Gasteiger partial charge is 0.298 e. The first-order chi connectivity index (χ1) is 13.0. The van der Waals surface area contributed by atoms with Gasteiger partial charge in [-0.2, -0.15) is 0 Å². The van der Waals surface area contributed by atoms with Crippen LogP contribution in [0.2, 0.25) is 0 Å². The summed E-state index contributed by atoms with van der Waals surface area (Å²) in [4.78, 5) is 18.6. The summed E-state index contributed by atoms with van der Waals surface area (Å²) in [5, 5.41) is 3.46. The Hall–Kier alpha value is -1.77. The second kappa shape index (κ2) is 7.57. The second-order valence-corrected chi connectivity index (χ2v) is 11.7. The van der Waals surface area contributed by atoms with Gasteiger partial charge in [0.1, 0.15) is 0 Å². The number of aryl methyl sites for hydroxylation is 1. The lowest BCUT2D eigenvalue weighted by atomic mass is 9.73. The molecule has 152 valence electrons. The number of nitrogens with zero attached hydrogens (tertiary/aromatic N) is 2. The molecule has 0 radical (unpaired) electrons. The Morgan fingerprint density at radius 3 is 2.43 bits per heavy atom. The van der Waals surface area contributed by atoms with E-state index in [1.165, 1.54) is 43.2 Å². The zero-order valence-electron chi connectivity index (χ0n) is 16.9. The van der Waals surface area contributed by atoms with E-state index in [4.69, 9.17) is 0 Å². The quantitative estimate of drug-likeness (QED) is 0.814. The molecule has 8 heteroatoms. The van der Waals surface area contributed by atoms with Gasteiger partial charge in [-0.25, -0.2) is 17.7 Å². The Balaban J connectivity index is 1.72. The van der Waals surface area contributed by atoms with Crippen LogP contribution in [0.5, 0.6) is 0 Å². The zero-order valence-corrected chi connectivity index (χ0v) is 18.6. The number of anilines is 1. The van der Waals surface area contributed by atoms with Gasteiger partial charge in [-0.05, 0) is 54.9 Å². The van der Waals surface area contributed by atoms with Crippen LogP contribution in [0.4, 0.5) is 5.13 Å². The molecule has 1 amide bonds. The fourth-order valence-corrected chi connectivity index (χ4v) is 5.31. The van der Waals surface area contributed by atoms with Crippen molar-refractivity contribution in [2.75, 3.05) is 19.4 Å². The lowest BCUT2D eigenvalue weighted by Crippen LogP contribution is -2.26. The third-order valence-corrected chi connectivity index (χ3v) is 8.14. The van der Waals surface area contributed by atoms with Crippen LogP contribution in [0, 0.1) is 11.3 Å².